The van der Waals surface area contributed by atoms with E-state index in [4.69, 9.17) is 9.84 Å². The Morgan fingerprint density at radius 1 is 1.69 bits per heavy atom. The zero-order valence-corrected chi connectivity index (χ0v) is 9.35. The van der Waals surface area contributed by atoms with E-state index in [1.807, 2.05) is 7.05 Å². The van der Waals surface area contributed by atoms with Gasteiger partial charge in [-0.3, -0.25) is 9.48 Å². The van der Waals surface area contributed by atoms with E-state index in [2.05, 4.69) is 5.10 Å². The summed E-state index contributed by atoms with van der Waals surface area (Å²) >= 11 is 0. The molecule has 1 aromatic rings. The minimum Gasteiger partial charge on any atom is -0.481 e. The van der Waals surface area contributed by atoms with Crippen molar-refractivity contribution >= 4 is 5.97 Å². The molecule has 5 heteroatoms. The van der Waals surface area contributed by atoms with Crippen molar-refractivity contribution < 1.29 is 14.6 Å². The van der Waals surface area contributed by atoms with Gasteiger partial charge in [0, 0.05) is 19.2 Å². The minimum absolute atomic E-state index is 0.00981. The number of aliphatic carboxylic acids is 1. The molecule has 1 saturated heterocycles. The van der Waals surface area contributed by atoms with Crippen LogP contribution in [0.2, 0.25) is 0 Å². The van der Waals surface area contributed by atoms with Gasteiger partial charge in [-0.2, -0.15) is 5.10 Å². The molecule has 88 valence electrons. The third-order valence-electron chi connectivity index (χ3n) is 2.89. The fourth-order valence-electron chi connectivity index (χ4n) is 2.16. The summed E-state index contributed by atoms with van der Waals surface area (Å²) in [5.41, 5.74) is 1.68. The summed E-state index contributed by atoms with van der Waals surface area (Å²) in [6.45, 7) is 0.752. The predicted molar refractivity (Wildman–Crippen MR) is 57.1 cm³/mol. The van der Waals surface area contributed by atoms with Crippen LogP contribution in [0.25, 0.3) is 0 Å². The van der Waals surface area contributed by atoms with Gasteiger partial charge in [0.05, 0.1) is 24.4 Å². The molecule has 1 aliphatic rings. The fourth-order valence-corrected chi connectivity index (χ4v) is 2.16. The fraction of sp³-hybridized carbons (Fsp3) is 0.636. The molecule has 1 aromatic heterocycles. The zero-order chi connectivity index (χ0) is 11.5. The standard InChI is InChI=1S/C11H16N2O3/c1-13-11(9-4-2-3-5-16-9)8(7-12-13)6-10(14)15/h7,9H,2-6H2,1H3,(H,14,15). The number of rotatable bonds is 3. The lowest BCUT2D eigenvalue weighted by molar-refractivity contribution is -0.136. The van der Waals surface area contributed by atoms with Crippen LogP contribution in [0.15, 0.2) is 6.20 Å². The van der Waals surface area contributed by atoms with Crippen LogP contribution in [-0.4, -0.2) is 27.5 Å². The average Bonchev–Trinajstić information content (AvgIpc) is 2.60. The van der Waals surface area contributed by atoms with Crippen molar-refractivity contribution in [3.63, 3.8) is 0 Å². The number of carboxylic acids is 1. The normalized spacial score (nSPS) is 20.9. The first-order chi connectivity index (χ1) is 7.68. The molecule has 0 amide bonds. The number of carboxylic acid groups (broad SMARTS) is 1. The zero-order valence-electron chi connectivity index (χ0n) is 9.35. The van der Waals surface area contributed by atoms with Crippen LogP contribution in [0.1, 0.15) is 36.6 Å². The second-order valence-electron chi connectivity index (χ2n) is 4.10. The van der Waals surface area contributed by atoms with E-state index in [0.29, 0.717) is 0 Å². The molecule has 0 bridgehead atoms. The first kappa shape index (κ1) is 11.1. The van der Waals surface area contributed by atoms with E-state index in [9.17, 15) is 4.79 Å². The summed E-state index contributed by atoms with van der Waals surface area (Å²) in [4.78, 5) is 10.7. The number of ether oxygens (including phenoxy) is 1. The highest BCUT2D eigenvalue weighted by atomic mass is 16.5. The minimum atomic E-state index is -0.829. The van der Waals surface area contributed by atoms with Crippen LogP contribution in [0.3, 0.4) is 0 Å². The van der Waals surface area contributed by atoms with Gasteiger partial charge in [-0.05, 0) is 19.3 Å². The molecule has 2 heterocycles. The molecule has 16 heavy (non-hydrogen) atoms. The third kappa shape index (κ3) is 2.24. The van der Waals surface area contributed by atoms with Crippen molar-refractivity contribution in [2.75, 3.05) is 6.61 Å². The van der Waals surface area contributed by atoms with Gasteiger partial charge in [-0.15, -0.1) is 0 Å². The molecule has 1 unspecified atom stereocenters. The second-order valence-corrected chi connectivity index (χ2v) is 4.10. The molecule has 0 aliphatic carbocycles. The maximum atomic E-state index is 10.7. The first-order valence-corrected chi connectivity index (χ1v) is 5.52. The molecular weight excluding hydrogens is 208 g/mol. The monoisotopic (exact) mass is 224 g/mol. The van der Waals surface area contributed by atoms with Crippen molar-refractivity contribution in [3.8, 4) is 0 Å². The van der Waals surface area contributed by atoms with E-state index in [-0.39, 0.29) is 12.5 Å². The van der Waals surface area contributed by atoms with Crippen molar-refractivity contribution in [3.05, 3.63) is 17.5 Å². The smallest absolute Gasteiger partial charge is 0.307 e. The summed E-state index contributed by atoms with van der Waals surface area (Å²) < 4.78 is 7.40. The lowest BCUT2D eigenvalue weighted by Crippen LogP contribution is -2.17. The molecule has 2 rings (SSSR count). The molecule has 0 radical (unpaired) electrons. The molecule has 1 aliphatic heterocycles. The molecule has 1 fully saturated rings. The average molecular weight is 224 g/mol. The van der Waals surface area contributed by atoms with Gasteiger partial charge >= 0.3 is 5.97 Å². The second kappa shape index (κ2) is 4.65. The SMILES string of the molecule is Cn1ncc(CC(=O)O)c1C1CCCCO1. The lowest BCUT2D eigenvalue weighted by atomic mass is 10.0. The molecule has 0 saturated carbocycles. The Balaban J connectivity index is 2.23. The van der Waals surface area contributed by atoms with Gasteiger partial charge in [-0.1, -0.05) is 0 Å². The van der Waals surface area contributed by atoms with Gasteiger partial charge in [0.2, 0.25) is 0 Å². The van der Waals surface area contributed by atoms with Crippen LogP contribution in [0.5, 0.6) is 0 Å². The number of carbonyl (C=O) groups is 1. The Morgan fingerprint density at radius 3 is 3.12 bits per heavy atom. The number of hydrogen-bond acceptors (Lipinski definition) is 3. The van der Waals surface area contributed by atoms with E-state index < -0.39 is 5.97 Å². The van der Waals surface area contributed by atoms with Gasteiger partial charge in [0.1, 0.15) is 0 Å². The van der Waals surface area contributed by atoms with E-state index >= 15 is 0 Å². The molecule has 0 spiro atoms. The van der Waals surface area contributed by atoms with E-state index in [1.54, 1.807) is 10.9 Å². The molecule has 0 aromatic carbocycles. The van der Waals surface area contributed by atoms with Crippen LogP contribution < -0.4 is 0 Å². The maximum absolute atomic E-state index is 10.7. The quantitative estimate of drug-likeness (QED) is 0.840. The number of nitrogens with zero attached hydrogens (tertiary/aromatic N) is 2. The largest absolute Gasteiger partial charge is 0.481 e. The molecule has 1 atom stereocenters. The van der Waals surface area contributed by atoms with Crippen LogP contribution in [-0.2, 0) is 23.0 Å². The Morgan fingerprint density at radius 2 is 2.50 bits per heavy atom. The van der Waals surface area contributed by atoms with Crippen LogP contribution in [0, 0.1) is 0 Å². The first-order valence-electron chi connectivity index (χ1n) is 5.52. The van der Waals surface area contributed by atoms with E-state index in [1.165, 1.54) is 0 Å². The van der Waals surface area contributed by atoms with E-state index in [0.717, 1.165) is 37.1 Å². The lowest BCUT2D eigenvalue weighted by Gasteiger charge is -2.23. The number of aryl methyl sites for hydroxylation is 1. The highest BCUT2D eigenvalue weighted by Gasteiger charge is 2.23. The predicted octanol–water partition coefficient (Wildman–Crippen LogP) is 1.29. The van der Waals surface area contributed by atoms with Crippen molar-refractivity contribution in [1.29, 1.82) is 0 Å². The van der Waals surface area contributed by atoms with Crippen molar-refractivity contribution in [1.82, 2.24) is 9.78 Å². The highest BCUT2D eigenvalue weighted by molar-refractivity contribution is 5.70. The Hall–Kier alpha value is -1.36. The van der Waals surface area contributed by atoms with Crippen molar-refractivity contribution in [2.45, 2.75) is 31.8 Å². The van der Waals surface area contributed by atoms with Crippen molar-refractivity contribution in [2.24, 2.45) is 7.05 Å². The molecule has 1 N–H and O–H groups in total. The van der Waals surface area contributed by atoms with Gasteiger partial charge < -0.3 is 9.84 Å². The van der Waals surface area contributed by atoms with Crippen LogP contribution >= 0.6 is 0 Å². The summed E-state index contributed by atoms with van der Waals surface area (Å²) in [6, 6.07) is 0. The maximum Gasteiger partial charge on any atom is 0.307 e. The Bertz CT molecular complexity index is 381. The summed E-state index contributed by atoms with van der Waals surface area (Å²) in [5.74, 6) is -0.829. The summed E-state index contributed by atoms with van der Waals surface area (Å²) in [7, 11) is 1.83. The number of hydrogen-bond donors (Lipinski definition) is 1. The molecular formula is C11H16N2O3. The topological polar surface area (TPSA) is 64.4 Å². The highest BCUT2D eigenvalue weighted by Crippen LogP contribution is 2.29. The van der Waals surface area contributed by atoms with Gasteiger partial charge in [-0.25, -0.2) is 0 Å². The van der Waals surface area contributed by atoms with Gasteiger partial charge in [0.25, 0.3) is 0 Å². The van der Waals surface area contributed by atoms with Crippen LogP contribution in [0.4, 0.5) is 0 Å². The number of aromatic nitrogens is 2. The Kier molecular flexibility index (Phi) is 3.24. The molecule has 5 nitrogen and oxygen atoms in total. The third-order valence-corrected chi connectivity index (χ3v) is 2.89. The summed E-state index contributed by atoms with van der Waals surface area (Å²) in [5, 5.41) is 12.9. The summed E-state index contributed by atoms with van der Waals surface area (Å²) in [6.07, 6.45) is 4.82. The Labute approximate surface area is 94.0 Å². The van der Waals surface area contributed by atoms with Gasteiger partial charge in [0.15, 0.2) is 0 Å².